The highest BCUT2D eigenvalue weighted by atomic mass is 79.9. The van der Waals surface area contributed by atoms with E-state index in [0.717, 1.165) is 0 Å². The molecule has 0 amide bonds. The van der Waals surface area contributed by atoms with Gasteiger partial charge >= 0.3 is 6.18 Å². The Balaban J connectivity index is 1.87. The van der Waals surface area contributed by atoms with Gasteiger partial charge in [0.2, 0.25) is 0 Å². The number of hydrogen-bond donors (Lipinski definition) is 0. The summed E-state index contributed by atoms with van der Waals surface area (Å²) in [4.78, 5) is 22.8. The Kier molecular flexibility index (Phi) is 7.48. The quantitative estimate of drug-likeness (QED) is 0.142. The number of rotatable bonds is 5. The molecule has 1 fully saturated rings. The molecular weight excluding hydrogens is 670 g/mol. The summed E-state index contributed by atoms with van der Waals surface area (Å²) < 4.78 is 43.6. The second-order valence-corrected chi connectivity index (χ2v) is 12.9. The zero-order valence-electron chi connectivity index (χ0n) is 18.7. The van der Waals surface area contributed by atoms with E-state index >= 15 is 13.2 Å². The maximum Gasteiger partial charge on any atom is 0.400 e. The van der Waals surface area contributed by atoms with Crippen LogP contribution >= 0.6 is 55.1 Å². The summed E-state index contributed by atoms with van der Waals surface area (Å²) in [6.45, 7) is -0.639. The summed E-state index contributed by atoms with van der Waals surface area (Å²) in [6.07, 6.45) is 3.15. The minimum absolute atomic E-state index is 0.0337. The van der Waals surface area contributed by atoms with Crippen molar-refractivity contribution in [3.8, 4) is 0 Å². The van der Waals surface area contributed by atoms with Gasteiger partial charge in [-0.25, -0.2) is 0 Å². The molecule has 198 valence electrons. The maximum atomic E-state index is 15.4. The summed E-state index contributed by atoms with van der Waals surface area (Å²) in [5, 5.41) is 22.5. The third-order valence-electron chi connectivity index (χ3n) is 7.11. The fourth-order valence-electron chi connectivity index (χ4n) is 5.23. The SMILES string of the molecule is O=[N+]([O-])C1=CCC(Br)(C2CN(C3(Br)C=CC([N+](=O)[O-])=CC3)CC2(c2cc(Cl)cc(Cl)c2)C(F)(F)F)C=C1. The van der Waals surface area contributed by atoms with Gasteiger partial charge in [-0.05, 0) is 48.4 Å². The molecule has 37 heavy (non-hydrogen) atoms. The molecule has 0 radical (unpaired) electrons. The van der Waals surface area contributed by atoms with Gasteiger partial charge in [-0.3, -0.25) is 25.1 Å². The van der Waals surface area contributed by atoms with Gasteiger partial charge in [-0.2, -0.15) is 13.2 Å². The zero-order valence-corrected chi connectivity index (χ0v) is 23.4. The van der Waals surface area contributed by atoms with Crippen LogP contribution in [0.25, 0.3) is 0 Å². The molecule has 3 aliphatic rings. The highest BCUT2D eigenvalue weighted by Crippen LogP contribution is 2.60. The average Bonchev–Trinajstić information content (AvgIpc) is 3.23. The molecule has 0 N–H and O–H groups in total. The van der Waals surface area contributed by atoms with Gasteiger partial charge in [0.1, 0.15) is 5.41 Å². The third kappa shape index (κ3) is 5.03. The molecule has 0 saturated carbocycles. The van der Waals surface area contributed by atoms with Crippen LogP contribution in [0.5, 0.6) is 0 Å². The van der Waals surface area contributed by atoms with Crippen molar-refractivity contribution < 1.29 is 23.0 Å². The molecule has 7 nitrogen and oxygen atoms in total. The molecule has 1 heterocycles. The van der Waals surface area contributed by atoms with E-state index in [2.05, 4.69) is 31.9 Å². The lowest BCUT2D eigenvalue weighted by atomic mass is 9.65. The number of allylic oxidation sites excluding steroid dienone is 4. The Morgan fingerprint density at radius 3 is 1.92 bits per heavy atom. The topological polar surface area (TPSA) is 89.5 Å². The van der Waals surface area contributed by atoms with Crippen molar-refractivity contribution in [3.05, 3.63) is 102 Å². The first-order valence-corrected chi connectivity index (χ1v) is 13.2. The summed E-state index contributed by atoms with van der Waals surface area (Å²) in [6, 6.07) is 3.82. The van der Waals surface area contributed by atoms with Gasteiger partial charge in [0.15, 0.2) is 0 Å². The van der Waals surface area contributed by atoms with Gasteiger partial charge in [-0.15, -0.1) is 0 Å². The van der Waals surface area contributed by atoms with Crippen LogP contribution < -0.4 is 0 Å². The van der Waals surface area contributed by atoms with Crippen molar-refractivity contribution in [2.75, 3.05) is 13.1 Å². The Morgan fingerprint density at radius 2 is 1.49 bits per heavy atom. The lowest BCUT2D eigenvalue weighted by molar-refractivity contribution is -0.419. The van der Waals surface area contributed by atoms with Crippen LogP contribution in [0, 0.1) is 26.1 Å². The van der Waals surface area contributed by atoms with Crippen molar-refractivity contribution in [2.45, 2.75) is 33.2 Å². The molecule has 2 aliphatic carbocycles. The number of likely N-dealkylation sites (tertiary alicyclic amines) is 1. The third-order valence-corrected chi connectivity index (χ3v) is 9.78. The summed E-state index contributed by atoms with van der Waals surface area (Å²) in [5.74, 6) is -1.20. The molecule has 0 aromatic heterocycles. The van der Waals surface area contributed by atoms with Gasteiger partial charge in [0.25, 0.3) is 11.4 Å². The molecule has 4 rings (SSSR count). The molecule has 1 saturated heterocycles. The Bertz CT molecular complexity index is 1270. The molecule has 1 aromatic carbocycles. The largest absolute Gasteiger partial charge is 0.400 e. The maximum absolute atomic E-state index is 15.4. The fourth-order valence-corrected chi connectivity index (χ4v) is 7.15. The summed E-state index contributed by atoms with van der Waals surface area (Å²) in [5.41, 5.74) is -3.01. The van der Waals surface area contributed by atoms with Gasteiger partial charge < -0.3 is 0 Å². The smallest absolute Gasteiger partial charge is 0.283 e. The van der Waals surface area contributed by atoms with E-state index in [1.807, 2.05) is 0 Å². The first kappa shape index (κ1) is 28.3. The Morgan fingerprint density at radius 1 is 0.946 bits per heavy atom. The molecule has 0 spiro atoms. The predicted molar refractivity (Wildman–Crippen MR) is 140 cm³/mol. The van der Waals surface area contributed by atoms with Crippen LogP contribution in [0.1, 0.15) is 18.4 Å². The molecule has 1 aliphatic heterocycles. The van der Waals surface area contributed by atoms with Crippen LogP contribution in [0.15, 0.2) is 66.0 Å². The van der Waals surface area contributed by atoms with Crippen LogP contribution in [0.4, 0.5) is 13.2 Å². The number of alkyl halides is 5. The molecule has 14 heteroatoms. The highest BCUT2D eigenvalue weighted by molar-refractivity contribution is 9.10. The zero-order chi connectivity index (χ0) is 27.4. The second kappa shape index (κ2) is 9.78. The number of nitrogens with zero attached hydrogens (tertiary/aromatic N) is 3. The van der Waals surface area contributed by atoms with Gasteiger partial charge in [-0.1, -0.05) is 61.1 Å². The number of hydrogen-bond acceptors (Lipinski definition) is 5. The van der Waals surface area contributed by atoms with E-state index < -0.39 is 42.7 Å². The molecule has 0 bridgehead atoms. The van der Waals surface area contributed by atoms with E-state index in [-0.39, 0.29) is 46.4 Å². The monoisotopic (exact) mass is 685 g/mol. The van der Waals surface area contributed by atoms with Crippen LogP contribution in [0.2, 0.25) is 10.0 Å². The van der Waals surface area contributed by atoms with Crippen LogP contribution in [-0.4, -0.2) is 42.8 Å². The lowest BCUT2D eigenvalue weighted by Gasteiger charge is -2.44. The molecule has 4 unspecified atom stereocenters. The van der Waals surface area contributed by atoms with Crippen molar-refractivity contribution in [1.29, 1.82) is 0 Å². The van der Waals surface area contributed by atoms with Crippen molar-refractivity contribution in [3.63, 3.8) is 0 Å². The standard InChI is InChI=1S/C23H18Br2Cl2F3N3O4/c24-20(5-1-17(2-6-20)32(34)35)19-12-31(21(25)7-3-18(4-8-21)33(36)37)13-22(19,23(28,29)30)14-9-15(26)11-16(27)10-14/h1-5,7,9-11,19H,6,8,12-13H2. The van der Waals surface area contributed by atoms with Crippen LogP contribution in [-0.2, 0) is 5.41 Å². The normalized spacial score (nSPS) is 32.2. The average molecular weight is 688 g/mol. The molecule has 4 atom stereocenters. The van der Waals surface area contributed by atoms with Crippen molar-refractivity contribution in [1.82, 2.24) is 4.90 Å². The first-order valence-electron chi connectivity index (χ1n) is 10.8. The highest BCUT2D eigenvalue weighted by Gasteiger charge is 2.69. The van der Waals surface area contributed by atoms with Crippen molar-refractivity contribution in [2.24, 2.45) is 5.92 Å². The van der Waals surface area contributed by atoms with Gasteiger partial charge in [0.05, 0.1) is 18.6 Å². The number of nitro groups is 2. The first-order chi connectivity index (χ1) is 17.1. The lowest BCUT2D eigenvalue weighted by Crippen LogP contribution is -2.55. The van der Waals surface area contributed by atoms with E-state index in [9.17, 15) is 20.2 Å². The summed E-state index contributed by atoms with van der Waals surface area (Å²) >= 11 is 19.4. The number of halogens is 7. The summed E-state index contributed by atoms with van der Waals surface area (Å²) in [7, 11) is 0. The number of benzene rings is 1. The van der Waals surface area contributed by atoms with E-state index in [1.54, 1.807) is 4.90 Å². The molecule has 1 aromatic rings. The minimum Gasteiger partial charge on any atom is -0.283 e. The second-order valence-electron chi connectivity index (χ2n) is 9.15. The van der Waals surface area contributed by atoms with Gasteiger partial charge in [0, 0.05) is 47.6 Å². The van der Waals surface area contributed by atoms with Crippen molar-refractivity contribution >= 4 is 55.1 Å². The fraction of sp³-hybridized carbons (Fsp3) is 0.391. The predicted octanol–water partition coefficient (Wildman–Crippen LogP) is 7.19. The van der Waals surface area contributed by atoms with E-state index in [1.165, 1.54) is 54.7 Å². The van der Waals surface area contributed by atoms with E-state index in [4.69, 9.17) is 23.2 Å². The Labute approximate surface area is 236 Å². The molecular formula is C23H18Br2Cl2F3N3O4. The van der Waals surface area contributed by atoms with E-state index in [0.29, 0.717) is 0 Å². The minimum atomic E-state index is -4.80. The Hall–Kier alpha value is -1.73. The van der Waals surface area contributed by atoms with Crippen LogP contribution in [0.3, 0.4) is 0 Å².